The Bertz CT molecular complexity index is 292. The van der Waals surface area contributed by atoms with Crippen LogP contribution in [0.4, 0.5) is 13.2 Å². The number of halogens is 3. The Morgan fingerprint density at radius 1 is 1.47 bits per heavy atom. The quantitative estimate of drug-likeness (QED) is 0.861. The highest BCUT2D eigenvalue weighted by Crippen LogP contribution is 2.42. The number of hydrogen-bond acceptors (Lipinski definition) is 3. The summed E-state index contributed by atoms with van der Waals surface area (Å²) in [6.07, 6.45) is -2.33. The zero-order chi connectivity index (χ0) is 13.9. The second-order valence-corrected chi connectivity index (χ2v) is 6.68. The smallest absolute Gasteiger partial charge is 0.374 e. The largest absolute Gasteiger partial charge is 0.390 e. The lowest BCUT2D eigenvalue weighted by atomic mass is 9.80. The van der Waals surface area contributed by atoms with Crippen LogP contribution in [0, 0.1) is 5.92 Å². The molecule has 0 amide bonds. The Balaban J connectivity index is 1.99. The molecule has 19 heavy (non-hydrogen) atoms. The number of hydrogen-bond donors (Lipinski definition) is 1. The Kier molecular flexibility index (Phi) is 5.06. The van der Waals surface area contributed by atoms with Crippen molar-refractivity contribution >= 4 is 11.8 Å². The van der Waals surface area contributed by atoms with Gasteiger partial charge in [0.25, 0.3) is 0 Å². The van der Waals surface area contributed by atoms with E-state index in [0.717, 1.165) is 30.8 Å². The first kappa shape index (κ1) is 15.4. The predicted octanol–water partition coefficient (Wildman–Crippen LogP) is 3.22. The van der Waals surface area contributed by atoms with Crippen LogP contribution in [0.3, 0.4) is 0 Å². The third kappa shape index (κ3) is 4.26. The van der Waals surface area contributed by atoms with E-state index in [9.17, 15) is 13.2 Å². The molecular weight excluding hydrogens is 275 g/mol. The first-order chi connectivity index (χ1) is 8.94. The minimum atomic E-state index is -4.09. The van der Waals surface area contributed by atoms with Crippen LogP contribution in [0.2, 0.25) is 0 Å². The molecule has 1 N–H and O–H groups in total. The third-order valence-corrected chi connectivity index (χ3v) is 5.31. The van der Waals surface area contributed by atoms with Gasteiger partial charge >= 0.3 is 6.18 Å². The van der Waals surface area contributed by atoms with Crippen molar-refractivity contribution in [2.24, 2.45) is 5.92 Å². The predicted molar refractivity (Wildman–Crippen MR) is 71.5 cm³/mol. The van der Waals surface area contributed by atoms with Crippen LogP contribution in [0.25, 0.3) is 0 Å². The molecular formula is C13H22F3NOS. The lowest BCUT2D eigenvalue weighted by Gasteiger charge is -2.41. The fourth-order valence-corrected chi connectivity index (χ4v) is 4.57. The molecule has 3 atom stereocenters. The molecule has 2 aliphatic heterocycles. The van der Waals surface area contributed by atoms with Gasteiger partial charge in [-0.2, -0.15) is 24.9 Å². The summed E-state index contributed by atoms with van der Waals surface area (Å²) in [5, 5.41) is 3.03. The van der Waals surface area contributed by atoms with Crippen molar-refractivity contribution in [2.75, 3.05) is 24.7 Å². The molecule has 0 aromatic heterocycles. The Hall–Kier alpha value is 0.0600. The number of ether oxygens (including phenoxy) is 1. The molecule has 2 nitrogen and oxygen atoms in total. The molecule has 6 heteroatoms. The average molecular weight is 297 g/mol. The molecule has 2 fully saturated rings. The van der Waals surface area contributed by atoms with Crippen molar-refractivity contribution in [1.29, 1.82) is 0 Å². The zero-order valence-electron chi connectivity index (χ0n) is 11.3. The molecule has 2 heterocycles. The van der Waals surface area contributed by atoms with Crippen LogP contribution in [-0.2, 0) is 4.74 Å². The standard InChI is InChI=1S/C13H22F3NOS/c1-2-17-11(8-13(14,15)16)10-3-5-18-12(7-10)4-6-19-9-12/h10-11,17H,2-9H2,1H3. The van der Waals surface area contributed by atoms with E-state index >= 15 is 0 Å². The van der Waals surface area contributed by atoms with Crippen LogP contribution < -0.4 is 5.32 Å². The first-order valence-electron chi connectivity index (χ1n) is 6.96. The van der Waals surface area contributed by atoms with Crippen molar-refractivity contribution in [3.8, 4) is 0 Å². The van der Waals surface area contributed by atoms with Gasteiger partial charge < -0.3 is 10.1 Å². The van der Waals surface area contributed by atoms with Gasteiger partial charge in [-0.1, -0.05) is 6.92 Å². The maximum Gasteiger partial charge on any atom is 0.390 e. The number of alkyl halides is 3. The van der Waals surface area contributed by atoms with Gasteiger partial charge in [-0.3, -0.25) is 0 Å². The van der Waals surface area contributed by atoms with Crippen LogP contribution in [0.5, 0.6) is 0 Å². The first-order valence-corrected chi connectivity index (χ1v) is 8.11. The highest BCUT2D eigenvalue weighted by molar-refractivity contribution is 7.99. The zero-order valence-corrected chi connectivity index (χ0v) is 12.1. The Labute approximate surface area is 116 Å². The normalized spacial score (nSPS) is 33.8. The summed E-state index contributed by atoms with van der Waals surface area (Å²) in [4.78, 5) is 0. The summed E-state index contributed by atoms with van der Waals surface area (Å²) in [7, 11) is 0. The maximum atomic E-state index is 12.7. The van der Waals surface area contributed by atoms with Crippen LogP contribution in [0.1, 0.15) is 32.6 Å². The topological polar surface area (TPSA) is 21.3 Å². The molecule has 2 rings (SSSR count). The van der Waals surface area contributed by atoms with E-state index in [2.05, 4.69) is 5.32 Å². The van der Waals surface area contributed by atoms with Gasteiger partial charge in [0.15, 0.2) is 0 Å². The molecule has 0 saturated carbocycles. The maximum absolute atomic E-state index is 12.7. The van der Waals surface area contributed by atoms with E-state index in [4.69, 9.17) is 4.74 Å². The monoisotopic (exact) mass is 297 g/mol. The fraction of sp³-hybridized carbons (Fsp3) is 1.00. The van der Waals surface area contributed by atoms with E-state index in [1.54, 1.807) is 0 Å². The molecule has 2 saturated heterocycles. The van der Waals surface area contributed by atoms with Gasteiger partial charge in [0.1, 0.15) is 0 Å². The highest BCUT2D eigenvalue weighted by Gasteiger charge is 2.44. The average Bonchev–Trinajstić information content (AvgIpc) is 2.75. The minimum absolute atomic E-state index is 0.0778. The second kappa shape index (κ2) is 6.22. The van der Waals surface area contributed by atoms with Crippen LogP contribution in [-0.4, -0.2) is 42.5 Å². The van der Waals surface area contributed by atoms with Crippen molar-refractivity contribution < 1.29 is 17.9 Å². The van der Waals surface area contributed by atoms with Gasteiger partial charge in [-0.25, -0.2) is 0 Å². The Morgan fingerprint density at radius 3 is 2.84 bits per heavy atom. The molecule has 0 radical (unpaired) electrons. The van der Waals surface area contributed by atoms with Crippen molar-refractivity contribution in [3.05, 3.63) is 0 Å². The lowest BCUT2D eigenvalue weighted by molar-refractivity contribution is -0.150. The summed E-state index contributed by atoms with van der Waals surface area (Å²) >= 11 is 1.85. The van der Waals surface area contributed by atoms with Gasteiger partial charge in [-0.05, 0) is 37.5 Å². The number of nitrogens with one attached hydrogen (secondary N) is 1. The lowest BCUT2D eigenvalue weighted by Crippen LogP contribution is -2.48. The molecule has 1 spiro atoms. The van der Waals surface area contributed by atoms with Gasteiger partial charge in [-0.15, -0.1) is 0 Å². The molecule has 0 aromatic carbocycles. The van der Waals surface area contributed by atoms with Crippen LogP contribution in [0.15, 0.2) is 0 Å². The molecule has 0 aliphatic carbocycles. The summed E-state index contributed by atoms with van der Waals surface area (Å²) < 4.78 is 43.9. The van der Waals surface area contributed by atoms with Gasteiger partial charge in [0.05, 0.1) is 12.0 Å². The fourth-order valence-electron chi connectivity index (χ4n) is 3.19. The van der Waals surface area contributed by atoms with Gasteiger partial charge in [0, 0.05) is 18.4 Å². The van der Waals surface area contributed by atoms with Crippen LogP contribution >= 0.6 is 11.8 Å². The highest BCUT2D eigenvalue weighted by atomic mass is 32.2. The summed E-state index contributed by atoms with van der Waals surface area (Å²) in [5.74, 6) is 2.08. The molecule has 2 aliphatic rings. The SMILES string of the molecule is CCNC(CC(F)(F)F)C1CCOC2(CCSC2)C1. The van der Waals surface area contributed by atoms with Crippen molar-refractivity contribution in [1.82, 2.24) is 5.32 Å². The Morgan fingerprint density at radius 2 is 2.26 bits per heavy atom. The van der Waals surface area contributed by atoms with E-state index in [-0.39, 0.29) is 11.5 Å². The third-order valence-electron chi connectivity index (χ3n) is 4.08. The van der Waals surface area contributed by atoms with E-state index in [1.165, 1.54) is 0 Å². The number of thioether (sulfide) groups is 1. The second-order valence-electron chi connectivity index (χ2n) is 5.57. The van der Waals surface area contributed by atoms with E-state index in [1.807, 2.05) is 18.7 Å². The van der Waals surface area contributed by atoms with E-state index in [0.29, 0.717) is 13.2 Å². The van der Waals surface area contributed by atoms with Crippen molar-refractivity contribution in [3.63, 3.8) is 0 Å². The molecule has 112 valence electrons. The summed E-state index contributed by atoms with van der Waals surface area (Å²) in [6.45, 7) is 3.05. The summed E-state index contributed by atoms with van der Waals surface area (Å²) in [5.41, 5.74) is -0.146. The molecule has 3 unspecified atom stereocenters. The van der Waals surface area contributed by atoms with E-state index < -0.39 is 18.6 Å². The summed E-state index contributed by atoms with van der Waals surface area (Å²) in [6, 6.07) is -0.462. The van der Waals surface area contributed by atoms with Gasteiger partial charge in [0.2, 0.25) is 0 Å². The number of rotatable bonds is 4. The van der Waals surface area contributed by atoms with Crippen molar-refractivity contribution in [2.45, 2.75) is 50.4 Å². The minimum Gasteiger partial charge on any atom is -0.374 e. The molecule has 0 bridgehead atoms. The molecule has 0 aromatic rings.